The highest BCUT2D eigenvalue weighted by atomic mass is 16.6. The number of rotatable bonds is 4. The first kappa shape index (κ1) is 25.2. The van der Waals surface area contributed by atoms with E-state index in [-0.39, 0.29) is 17.9 Å². The van der Waals surface area contributed by atoms with Crippen LogP contribution in [0.3, 0.4) is 0 Å². The van der Waals surface area contributed by atoms with Crippen LogP contribution in [0.5, 0.6) is 0 Å². The van der Waals surface area contributed by atoms with Crippen LogP contribution < -0.4 is 5.32 Å². The molecule has 1 aliphatic heterocycles. The highest BCUT2D eigenvalue weighted by Crippen LogP contribution is 2.56. The summed E-state index contributed by atoms with van der Waals surface area (Å²) in [5, 5.41) is 15.0. The van der Waals surface area contributed by atoms with Gasteiger partial charge in [0.15, 0.2) is 12.1 Å². The molecule has 4 aliphatic rings. The number of aliphatic hydroxyl groups excluding tert-OH is 1. The van der Waals surface area contributed by atoms with Gasteiger partial charge in [0.05, 0.1) is 6.10 Å². The lowest BCUT2D eigenvalue weighted by Gasteiger charge is -2.45. The average molecular weight is 480 g/mol. The van der Waals surface area contributed by atoms with Crippen molar-refractivity contribution in [2.75, 3.05) is 0 Å². The van der Waals surface area contributed by atoms with Gasteiger partial charge in [-0.3, -0.25) is 4.79 Å². The fourth-order valence-electron chi connectivity index (χ4n) is 7.94. The Bertz CT molecular complexity index is 882. The molecule has 0 radical (unpaired) electrons. The molecule has 1 saturated heterocycles. The van der Waals surface area contributed by atoms with E-state index in [4.69, 9.17) is 4.74 Å². The normalized spacial score (nSPS) is 40.1. The van der Waals surface area contributed by atoms with Gasteiger partial charge in [0.25, 0.3) is 0 Å². The van der Waals surface area contributed by atoms with E-state index in [0.717, 1.165) is 50.1 Å². The number of allylic oxidation sites excluding steroid dienone is 2. The second-order valence-corrected chi connectivity index (χ2v) is 11.9. The number of ketones is 1. The number of nitrogens with one attached hydrogen (secondary N) is 1. The first-order valence-corrected chi connectivity index (χ1v) is 14.4. The molecule has 7 unspecified atom stereocenters. The van der Waals surface area contributed by atoms with E-state index in [1.807, 2.05) is 0 Å². The Morgan fingerprint density at radius 3 is 2.63 bits per heavy atom. The van der Waals surface area contributed by atoms with E-state index in [1.54, 1.807) is 0 Å². The minimum absolute atomic E-state index is 0.0663. The zero-order valence-electron chi connectivity index (χ0n) is 21.7. The van der Waals surface area contributed by atoms with Gasteiger partial charge in [0.2, 0.25) is 0 Å². The Morgan fingerprint density at radius 1 is 1.03 bits per heavy atom. The second kappa shape index (κ2) is 11.3. The number of hydrogen-bond donors (Lipinski definition) is 2. The molecule has 2 saturated carbocycles. The van der Waals surface area contributed by atoms with Crippen LogP contribution in [-0.4, -0.2) is 29.3 Å². The van der Waals surface area contributed by atoms with Crippen LogP contribution in [0.1, 0.15) is 83.6 Å². The first-order chi connectivity index (χ1) is 17.0. The van der Waals surface area contributed by atoms with E-state index in [1.165, 1.54) is 31.2 Å². The van der Waals surface area contributed by atoms with Crippen LogP contribution in [0, 0.1) is 35.5 Å². The SMILES string of the molecule is CCC1CCCCC(C)C(=O)C2=C[C@H]3C4CCCC4CC(NCc4ccccc4)[C@H]3C2CC(O)O1. The maximum atomic E-state index is 13.8. The molecule has 0 aromatic heterocycles. The van der Waals surface area contributed by atoms with Crippen LogP contribution in [0.15, 0.2) is 42.0 Å². The number of aliphatic hydroxyl groups is 1. The Labute approximate surface area is 211 Å². The van der Waals surface area contributed by atoms with Crippen molar-refractivity contribution < 1.29 is 14.6 Å². The lowest BCUT2D eigenvalue weighted by molar-refractivity contribution is -0.151. The topological polar surface area (TPSA) is 58.6 Å². The lowest BCUT2D eigenvalue weighted by atomic mass is 9.63. The summed E-state index contributed by atoms with van der Waals surface area (Å²) in [6, 6.07) is 11.0. The molecule has 4 heteroatoms. The Morgan fingerprint density at radius 2 is 1.83 bits per heavy atom. The van der Waals surface area contributed by atoms with Crippen molar-refractivity contribution in [1.82, 2.24) is 5.32 Å². The van der Waals surface area contributed by atoms with Crippen molar-refractivity contribution in [3.8, 4) is 0 Å². The zero-order valence-corrected chi connectivity index (χ0v) is 21.7. The summed E-state index contributed by atoms with van der Waals surface area (Å²) in [6.07, 6.45) is 12.3. The Kier molecular flexibility index (Phi) is 8.11. The van der Waals surface area contributed by atoms with Crippen LogP contribution in [-0.2, 0) is 16.1 Å². The average Bonchev–Trinajstić information content (AvgIpc) is 3.48. The number of fused-ring (bicyclic) bond motifs is 5. The summed E-state index contributed by atoms with van der Waals surface area (Å²) < 4.78 is 6.17. The molecular weight excluding hydrogens is 434 g/mol. The first-order valence-electron chi connectivity index (χ1n) is 14.4. The quantitative estimate of drug-likeness (QED) is 0.553. The number of carbonyl (C=O) groups excluding carboxylic acids is 1. The summed E-state index contributed by atoms with van der Waals surface area (Å²) in [7, 11) is 0. The van der Waals surface area contributed by atoms with Gasteiger partial charge < -0.3 is 15.2 Å². The molecule has 9 atom stereocenters. The molecule has 3 fully saturated rings. The lowest BCUT2D eigenvalue weighted by Crippen LogP contribution is -2.49. The standard InChI is InChI=1S/C31H45NO3/c1-3-23-14-8-7-10-20(2)31(34)27-17-25-24-15-9-13-22(24)16-28(30(25)26(27)18-29(33)35-23)32-19-21-11-5-4-6-12-21/h4-6,11-12,17,20,22-26,28-30,32-33H,3,7-10,13-16,18-19H2,1-2H3/t20?,22?,23?,24?,25-,26?,28?,29?,30+/m0/s1. The van der Waals surface area contributed by atoms with E-state index in [9.17, 15) is 9.90 Å². The number of carbonyl (C=O) groups is 1. The number of benzene rings is 1. The van der Waals surface area contributed by atoms with Gasteiger partial charge in [-0.2, -0.15) is 0 Å². The molecule has 35 heavy (non-hydrogen) atoms. The van der Waals surface area contributed by atoms with Gasteiger partial charge in [-0.15, -0.1) is 0 Å². The predicted octanol–water partition coefficient (Wildman–Crippen LogP) is 6.04. The van der Waals surface area contributed by atoms with Gasteiger partial charge in [-0.1, -0.05) is 75.9 Å². The van der Waals surface area contributed by atoms with Crippen molar-refractivity contribution in [2.45, 2.75) is 103 Å². The van der Waals surface area contributed by atoms with Crippen molar-refractivity contribution in [1.29, 1.82) is 0 Å². The molecule has 0 bridgehead atoms. The van der Waals surface area contributed by atoms with Gasteiger partial charge in [0, 0.05) is 24.9 Å². The largest absolute Gasteiger partial charge is 0.368 e. The summed E-state index contributed by atoms with van der Waals surface area (Å²) in [4.78, 5) is 13.8. The molecule has 1 aromatic rings. The molecule has 1 heterocycles. The molecule has 0 spiro atoms. The van der Waals surface area contributed by atoms with Crippen molar-refractivity contribution in [2.24, 2.45) is 35.5 Å². The van der Waals surface area contributed by atoms with Crippen LogP contribution in [0.25, 0.3) is 0 Å². The summed E-state index contributed by atoms with van der Waals surface area (Å²) in [5.74, 6) is 2.73. The minimum Gasteiger partial charge on any atom is -0.368 e. The molecule has 5 rings (SSSR count). The second-order valence-electron chi connectivity index (χ2n) is 11.9. The molecule has 0 amide bonds. The van der Waals surface area contributed by atoms with Crippen LogP contribution >= 0.6 is 0 Å². The van der Waals surface area contributed by atoms with E-state index < -0.39 is 6.29 Å². The van der Waals surface area contributed by atoms with Crippen LogP contribution in [0.2, 0.25) is 0 Å². The minimum atomic E-state index is -0.800. The van der Waals surface area contributed by atoms with Gasteiger partial charge >= 0.3 is 0 Å². The molecule has 4 nitrogen and oxygen atoms in total. The maximum absolute atomic E-state index is 13.8. The number of ether oxygens (including phenoxy) is 1. The van der Waals surface area contributed by atoms with Crippen LogP contribution in [0.4, 0.5) is 0 Å². The third kappa shape index (κ3) is 5.45. The van der Waals surface area contributed by atoms with E-state index in [2.05, 4.69) is 55.6 Å². The van der Waals surface area contributed by atoms with E-state index >= 15 is 0 Å². The molecule has 192 valence electrons. The monoisotopic (exact) mass is 479 g/mol. The fourth-order valence-corrected chi connectivity index (χ4v) is 7.94. The van der Waals surface area contributed by atoms with Gasteiger partial charge in [0.1, 0.15) is 0 Å². The summed E-state index contributed by atoms with van der Waals surface area (Å²) >= 11 is 0. The Hall–Kier alpha value is -1.49. The third-order valence-electron chi connectivity index (χ3n) is 9.73. The predicted molar refractivity (Wildman–Crippen MR) is 139 cm³/mol. The van der Waals surface area contributed by atoms with Crippen molar-refractivity contribution in [3.05, 3.63) is 47.5 Å². The highest BCUT2D eigenvalue weighted by Gasteiger charge is 2.53. The molecular formula is C31H45NO3. The highest BCUT2D eigenvalue weighted by molar-refractivity contribution is 5.98. The van der Waals surface area contributed by atoms with Gasteiger partial charge in [-0.05, 0) is 72.8 Å². The molecule has 3 aliphatic carbocycles. The zero-order chi connectivity index (χ0) is 24.4. The number of hydrogen-bond acceptors (Lipinski definition) is 4. The van der Waals surface area contributed by atoms with E-state index in [0.29, 0.717) is 36.0 Å². The van der Waals surface area contributed by atoms with Gasteiger partial charge in [-0.25, -0.2) is 0 Å². The summed E-state index contributed by atoms with van der Waals surface area (Å²) in [6.45, 7) is 5.13. The number of Topliss-reactive ketones (excluding diaryl/α,β-unsaturated/α-hetero) is 1. The maximum Gasteiger partial charge on any atom is 0.161 e. The van der Waals surface area contributed by atoms with Crippen molar-refractivity contribution >= 4 is 5.78 Å². The Balaban J connectivity index is 1.44. The smallest absolute Gasteiger partial charge is 0.161 e. The molecule has 2 N–H and O–H groups in total. The third-order valence-corrected chi connectivity index (χ3v) is 9.73. The fraction of sp³-hybridized carbons (Fsp3) is 0.710. The van der Waals surface area contributed by atoms with Crippen molar-refractivity contribution in [3.63, 3.8) is 0 Å². The molecule has 1 aromatic carbocycles. The summed E-state index contributed by atoms with van der Waals surface area (Å²) in [5.41, 5.74) is 2.32.